The van der Waals surface area contributed by atoms with Gasteiger partial charge >= 0.3 is 7.60 Å². The van der Waals surface area contributed by atoms with E-state index < -0.39 is 12.8 Å². The number of hydrogen-bond donors (Lipinski definition) is 0. The number of hydrogen-bond acceptors (Lipinski definition) is 5. The van der Waals surface area contributed by atoms with Gasteiger partial charge in [0.05, 0.1) is 19.3 Å². The fourth-order valence-electron chi connectivity index (χ4n) is 4.23. The van der Waals surface area contributed by atoms with E-state index in [-0.39, 0.29) is 23.4 Å². The number of carbonyl (C=O) groups excluding carboxylic acids is 1. The van der Waals surface area contributed by atoms with E-state index in [1.54, 1.807) is 54.7 Å². The number of ether oxygens (including phenoxy) is 1. The number of carbonyl (C=O) groups is 1. The van der Waals surface area contributed by atoms with Gasteiger partial charge in [0.1, 0.15) is 10.9 Å². The van der Waals surface area contributed by atoms with Crippen LogP contribution in [0.1, 0.15) is 97.4 Å². The van der Waals surface area contributed by atoms with Crippen molar-refractivity contribution in [1.82, 2.24) is 0 Å². The summed E-state index contributed by atoms with van der Waals surface area (Å²) in [4.78, 5) is 13.4. The molecule has 0 atom stereocenters. The van der Waals surface area contributed by atoms with E-state index >= 15 is 0 Å². The molecule has 186 valence electrons. The van der Waals surface area contributed by atoms with E-state index in [4.69, 9.17) is 13.8 Å². The number of methoxy groups -OCH3 is 1. The zero-order chi connectivity index (χ0) is 25.2. The smallest absolute Gasteiger partial charge is 0.344 e. The third-order valence-corrected chi connectivity index (χ3v) is 9.04. The van der Waals surface area contributed by atoms with Gasteiger partial charge in [-0.1, -0.05) is 26.8 Å². The molecule has 6 heteroatoms. The van der Waals surface area contributed by atoms with Gasteiger partial charge in [0.2, 0.25) is 0 Å². The molecule has 0 saturated carbocycles. The minimum atomic E-state index is -3.70. The summed E-state index contributed by atoms with van der Waals surface area (Å²) in [6, 6.07) is 2.15. The van der Waals surface area contributed by atoms with Crippen molar-refractivity contribution in [1.29, 1.82) is 0 Å². The zero-order valence-electron chi connectivity index (χ0n) is 22.2. The highest BCUT2D eigenvalue weighted by Crippen LogP contribution is 2.62. The molecular formula is C27H43O5P. The average Bonchev–Trinajstić information content (AvgIpc) is 2.69. The molecule has 0 amide bonds. The molecule has 2 rings (SSSR count). The molecule has 1 aliphatic rings. The number of fused-ring (bicyclic) bond motifs is 1. The standard InChI is InChI=1S/C27H43O5P/c1-18(2)31-33(29,32-19(3)4)27(8,9)24(28)16-15-20-17-23(26(5,6)7)25(30-10)22-14-12-11-13-21(20)22/h15-19H,11-14H2,1-10H3/b16-15+. The Balaban J connectivity index is 2.53. The molecule has 0 heterocycles. The Morgan fingerprint density at radius 1 is 0.970 bits per heavy atom. The number of ketones is 1. The van der Waals surface area contributed by atoms with Gasteiger partial charge in [-0.05, 0) is 101 Å². The largest absolute Gasteiger partial charge is 0.496 e. The first-order chi connectivity index (χ1) is 15.1. The molecule has 0 fully saturated rings. The summed E-state index contributed by atoms with van der Waals surface area (Å²) >= 11 is 0. The molecule has 33 heavy (non-hydrogen) atoms. The van der Waals surface area contributed by atoms with Crippen LogP contribution in [0, 0.1) is 0 Å². The van der Waals surface area contributed by atoms with Crippen molar-refractivity contribution in [3.8, 4) is 5.75 Å². The SMILES string of the molecule is COc1c(C(C)(C)C)cc(/C=C/C(=O)C(C)(C)P(=O)(OC(C)C)OC(C)C)c2c1CCCC2. The Hall–Kier alpha value is -1.42. The van der Waals surface area contributed by atoms with Crippen molar-refractivity contribution in [2.75, 3.05) is 7.11 Å². The minimum absolute atomic E-state index is 0.102. The van der Waals surface area contributed by atoms with Crippen LogP contribution in [-0.2, 0) is 36.7 Å². The molecule has 5 nitrogen and oxygen atoms in total. The molecule has 0 bridgehead atoms. The fraction of sp³-hybridized carbons (Fsp3) is 0.667. The topological polar surface area (TPSA) is 61.8 Å². The Bertz CT molecular complexity index is 921. The molecule has 1 aromatic carbocycles. The lowest BCUT2D eigenvalue weighted by atomic mass is 9.78. The third-order valence-electron chi connectivity index (χ3n) is 6.05. The van der Waals surface area contributed by atoms with E-state index in [1.165, 1.54) is 11.1 Å². The van der Waals surface area contributed by atoms with Gasteiger partial charge in [-0.2, -0.15) is 0 Å². The van der Waals surface area contributed by atoms with Gasteiger partial charge in [-0.15, -0.1) is 0 Å². The van der Waals surface area contributed by atoms with E-state index in [2.05, 4.69) is 26.8 Å². The molecule has 0 radical (unpaired) electrons. The van der Waals surface area contributed by atoms with Crippen molar-refractivity contribution < 1.29 is 23.1 Å². The van der Waals surface area contributed by atoms with E-state index in [0.29, 0.717) is 0 Å². The highest BCUT2D eigenvalue weighted by molar-refractivity contribution is 7.56. The van der Waals surface area contributed by atoms with Crippen molar-refractivity contribution in [2.45, 2.75) is 111 Å². The quantitative estimate of drug-likeness (QED) is 0.276. The predicted octanol–water partition coefficient (Wildman–Crippen LogP) is 7.28. The van der Waals surface area contributed by atoms with E-state index in [0.717, 1.165) is 42.6 Å². The van der Waals surface area contributed by atoms with Crippen LogP contribution in [0.15, 0.2) is 12.1 Å². The van der Waals surface area contributed by atoms with Crippen molar-refractivity contribution in [3.63, 3.8) is 0 Å². The Labute approximate surface area is 200 Å². The monoisotopic (exact) mass is 478 g/mol. The highest BCUT2D eigenvalue weighted by Gasteiger charge is 2.49. The molecule has 1 aromatic rings. The third kappa shape index (κ3) is 6.18. The normalized spacial score (nSPS) is 15.4. The average molecular weight is 479 g/mol. The van der Waals surface area contributed by atoms with Crippen LogP contribution in [0.2, 0.25) is 0 Å². The second-order valence-electron chi connectivity index (χ2n) is 11.0. The van der Waals surface area contributed by atoms with Gasteiger partial charge in [0, 0.05) is 5.56 Å². The summed E-state index contributed by atoms with van der Waals surface area (Å²) in [6.45, 7) is 17.0. The van der Waals surface area contributed by atoms with Gasteiger partial charge in [-0.3, -0.25) is 9.36 Å². The first kappa shape index (κ1) is 27.8. The lowest BCUT2D eigenvalue weighted by molar-refractivity contribution is -0.116. The summed E-state index contributed by atoms with van der Waals surface area (Å²) in [6.07, 6.45) is 6.95. The maximum atomic E-state index is 13.7. The van der Waals surface area contributed by atoms with Crippen LogP contribution in [-0.4, -0.2) is 30.3 Å². The second-order valence-corrected chi connectivity index (χ2v) is 13.6. The first-order valence-corrected chi connectivity index (χ1v) is 13.6. The van der Waals surface area contributed by atoms with Crippen molar-refractivity contribution in [2.24, 2.45) is 0 Å². The Kier molecular flexibility index (Phi) is 8.82. The molecule has 0 spiro atoms. The van der Waals surface area contributed by atoms with Gasteiger partial charge < -0.3 is 13.8 Å². The molecular weight excluding hydrogens is 435 g/mol. The molecule has 0 unspecified atom stereocenters. The zero-order valence-corrected chi connectivity index (χ0v) is 23.1. The second kappa shape index (κ2) is 10.5. The maximum Gasteiger partial charge on any atom is 0.344 e. The molecule has 0 saturated heterocycles. The summed E-state index contributed by atoms with van der Waals surface area (Å²) in [5, 5.41) is -1.31. The van der Waals surface area contributed by atoms with E-state index in [9.17, 15) is 9.36 Å². The van der Waals surface area contributed by atoms with Crippen LogP contribution in [0.3, 0.4) is 0 Å². The van der Waals surface area contributed by atoms with Gasteiger partial charge in [-0.25, -0.2) is 0 Å². The molecule has 0 aromatic heterocycles. The van der Waals surface area contributed by atoms with Crippen molar-refractivity contribution >= 4 is 19.5 Å². The van der Waals surface area contributed by atoms with Crippen LogP contribution in [0.25, 0.3) is 6.08 Å². The lowest BCUT2D eigenvalue weighted by Gasteiger charge is -2.33. The van der Waals surface area contributed by atoms with Crippen LogP contribution in [0.4, 0.5) is 0 Å². The highest BCUT2D eigenvalue weighted by atomic mass is 31.2. The lowest BCUT2D eigenvalue weighted by Crippen LogP contribution is -2.34. The maximum absolute atomic E-state index is 13.7. The molecule has 1 aliphatic carbocycles. The van der Waals surface area contributed by atoms with Gasteiger partial charge in [0.25, 0.3) is 0 Å². The van der Waals surface area contributed by atoms with Crippen molar-refractivity contribution in [3.05, 3.63) is 34.4 Å². The Morgan fingerprint density at radius 2 is 1.48 bits per heavy atom. The first-order valence-electron chi connectivity index (χ1n) is 12.1. The van der Waals surface area contributed by atoms with E-state index in [1.807, 2.05) is 6.08 Å². The number of rotatable bonds is 9. The van der Waals surface area contributed by atoms with Gasteiger partial charge in [0.15, 0.2) is 5.78 Å². The van der Waals surface area contributed by atoms with Crippen LogP contribution in [0.5, 0.6) is 5.75 Å². The summed E-state index contributed by atoms with van der Waals surface area (Å²) in [7, 11) is -1.97. The summed E-state index contributed by atoms with van der Waals surface area (Å²) in [5.74, 6) is 0.700. The summed E-state index contributed by atoms with van der Waals surface area (Å²) < 4.78 is 31.0. The summed E-state index contributed by atoms with van der Waals surface area (Å²) in [5.41, 5.74) is 4.56. The van der Waals surface area contributed by atoms with Crippen LogP contribution < -0.4 is 4.74 Å². The number of benzene rings is 1. The fourth-order valence-corrected chi connectivity index (χ4v) is 6.26. The predicted molar refractivity (Wildman–Crippen MR) is 137 cm³/mol. The Morgan fingerprint density at radius 3 is 1.94 bits per heavy atom. The molecule has 0 N–H and O–H groups in total. The van der Waals surface area contributed by atoms with Crippen LogP contribution >= 0.6 is 7.60 Å². The molecule has 0 aliphatic heterocycles. The minimum Gasteiger partial charge on any atom is -0.496 e. The number of allylic oxidation sites excluding steroid dienone is 1.